The maximum Gasteiger partial charge on any atom is 0.129 e. The molecule has 90 valence electrons. The molecule has 2 rings (SSSR count). The van der Waals surface area contributed by atoms with Crippen LogP contribution in [0.3, 0.4) is 0 Å². The minimum Gasteiger partial charge on any atom is -0.383 e. The first-order valence-electron chi connectivity index (χ1n) is 5.18. The highest BCUT2D eigenvalue weighted by atomic mass is 19.1. The van der Waals surface area contributed by atoms with Crippen LogP contribution in [0.25, 0.3) is 11.1 Å². The first-order chi connectivity index (χ1) is 8.13. The summed E-state index contributed by atoms with van der Waals surface area (Å²) in [5.41, 5.74) is 8.01. The number of ether oxygens (including phenoxy) is 1. The van der Waals surface area contributed by atoms with Crippen LogP contribution in [0.15, 0.2) is 24.4 Å². The number of methoxy groups -OCH3 is 1. The molecule has 0 amide bonds. The van der Waals surface area contributed by atoms with Crippen molar-refractivity contribution in [3.63, 3.8) is 0 Å². The minimum absolute atomic E-state index is 0.236. The number of anilines is 1. The Morgan fingerprint density at radius 2 is 2.24 bits per heavy atom. The van der Waals surface area contributed by atoms with E-state index in [1.54, 1.807) is 30.1 Å². The summed E-state index contributed by atoms with van der Waals surface area (Å²) < 4.78 is 20.0. The number of hydrogen-bond acceptors (Lipinski definition) is 3. The molecule has 0 aliphatic heterocycles. The van der Waals surface area contributed by atoms with E-state index in [-0.39, 0.29) is 12.4 Å². The van der Waals surface area contributed by atoms with Gasteiger partial charge in [0.15, 0.2) is 0 Å². The lowest BCUT2D eigenvalue weighted by Gasteiger charge is -2.06. The molecule has 0 saturated carbocycles. The van der Waals surface area contributed by atoms with Crippen LogP contribution in [0.4, 0.5) is 10.2 Å². The van der Waals surface area contributed by atoms with Crippen molar-refractivity contribution in [1.29, 1.82) is 0 Å². The molecule has 0 aliphatic rings. The number of nitrogen functional groups attached to an aromatic ring is 1. The SMILES string of the molecule is COCc1cc(-c2cnn(C)c2N)ccc1F. The maximum absolute atomic E-state index is 13.4. The monoisotopic (exact) mass is 235 g/mol. The third-order valence-corrected chi connectivity index (χ3v) is 2.64. The van der Waals surface area contributed by atoms with Gasteiger partial charge in [-0.1, -0.05) is 6.07 Å². The normalized spacial score (nSPS) is 10.8. The Labute approximate surface area is 98.8 Å². The fourth-order valence-electron chi connectivity index (χ4n) is 1.68. The van der Waals surface area contributed by atoms with E-state index in [4.69, 9.17) is 10.5 Å². The van der Waals surface area contributed by atoms with E-state index in [1.165, 1.54) is 13.2 Å². The summed E-state index contributed by atoms with van der Waals surface area (Å²) in [6.45, 7) is 0.236. The van der Waals surface area contributed by atoms with Crippen LogP contribution in [-0.2, 0) is 18.4 Å². The van der Waals surface area contributed by atoms with Gasteiger partial charge in [-0.25, -0.2) is 4.39 Å². The van der Waals surface area contributed by atoms with Crippen molar-refractivity contribution in [2.75, 3.05) is 12.8 Å². The summed E-state index contributed by atoms with van der Waals surface area (Å²) >= 11 is 0. The van der Waals surface area contributed by atoms with Gasteiger partial charge in [-0.05, 0) is 17.7 Å². The van der Waals surface area contributed by atoms with Crippen molar-refractivity contribution in [2.45, 2.75) is 6.61 Å². The highest BCUT2D eigenvalue weighted by Gasteiger charge is 2.10. The van der Waals surface area contributed by atoms with Crippen LogP contribution in [0.5, 0.6) is 0 Å². The van der Waals surface area contributed by atoms with Gasteiger partial charge in [0.25, 0.3) is 0 Å². The number of rotatable bonds is 3. The maximum atomic E-state index is 13.4. The van der Waals surface area contributed by atoms with Gasteiger partial charge in [-0.15, -0.1) is 0 Å². The number of aromatic nitrogens is 2. The van der Waals surface area contributed by atoms with Gasteiger partial charge in [-0.2, -0.15) is 5.10 Å². The van der Waals surface area contributed by atoms with Gasteiger partial charge < -0.3 is 10.5 Å². The van der Waals surface area contributed by atoms with E-state index in [2.05, 4.69) is 5.10 Å². The Bertz CT molecular complexity index is 537. The molecule has 0 spiro atoms. The van der Waals surface area contributed by atoms with Gasteiger partial charge in [0.05, 0.1) is 12.8 Å². The molecule has 2 aromatic rings. The lowest BCUT2D eigenvalue weighted by Crippen LogP contribution is -1.98. The molecule has 4 nitrogen and oxygen atoms in total. The first-order valence-corrected chi connectivity index (χ1v) is 5.18. The van der Waals surface area contributed by atoms with Crippen LogP contribution in [0.1, 0.15) is 5.56 Å². The number of benzene rings is 1. The molecule has 17 heavy (non-hydrogen) atoms. The van der Waals surface area contributed by atoms with Crippen LogP contribution in [-0.4, -0.2) is 16.9 Å². The Kier molecular flexibility index (Phi) is 3.10. The Morgan fingerprint density at radius 3 is 2.82 bits per heavy atom. The van der Waals surface area contributed by atoms with Crippen molar-refractivity contribution in [1.82, 2.24) is 9.78 Å². The van der Waals surface area contributed by atoms with Crippen LogP contribution < -0.4 is 5.73 Å². The molecule has 0 bridgehead atoms. The number of aryl methyl sites for hydroxylation is 1. The van der Waals surface area contributed by atoms with Crippen LogP contribution in [0, 0.1) is 5.82 Å². The van der Waals surface area contributed by atoms with E-state index in [0.29, 0.717) is 11.4 Å². The molecular weight excluding hydrogens is 221 g/mol. The molecule has 0 saturated heterocycles. The molecule has 5 heteroatoms. The first kappa shape index (κ1) is 11.6. The number of nitrogens with two attached hydrogens (primary N) is 1. The van der Waals surface area contributed by atoms with Crippen LogP contribution >= 0.6 is 0 Å². The standard InChI is InChI=1S/C12H14FN3O/c1-16-12(14)10(6-15-16)8-3-4-11(13)9(5-8)7-17-2/h3-6H,7,14H2,1-2H3. The predicted molar refractivity (Wildman–Crippen MR) is 63.7 cm³/mol. The molecule has 0 radical (unpaired) electrons. The second-order valence-electron chi connectivity index (χ2n) is 3.81. The lowest BCUT2D eigenvalue weighted by atomic mass is 10.1. The minimum atomic E-state index is -0.280. The van der Waals surface area contributed by atoms with E-state index in [0.717, 1.165) is 11.1 Å². The predicted octanol–water partition coefficient (Wildman–Crippen LogP) is 1.95. The zero-order valence-corrected chi connectivity index (χ0v) is 9.77. The topological polar surface area (TPSA) is 53.1 Å². The van der Waals surface area contributed by atoms with Gasteiger partial charge in [0.2, 0.25) is 0 Å². The summed E-state index contributed by atoms with van der Waals surface area (Å²) in [4.78, 5) is 0. The molecule has 0 unspecified atom stereocenters. The summed E-state index contributed by atoms with van der Waals surface area (Å²) in [5.74, 6) is 0.276. The number of halogens is 1. The average molecular weight is 235 g/mol. The zero-order chi connectivity index (χ0) is 12.4. The Hall–Kier alpha value is -1.88. The zero-order valence-electron chi connectivity index (χ0n) is 9.77. The molecule has 2 N–H and O–H groups in total. The molecule has 0 atom stereocenters. The smallest absolute Gasteiger partial charge is 0.129 e. The van der Waals surface area contributed by atoms with Crippen molar-refractivity contribution in [3.05, 3.63) is 35.8 Å². The third-order valence-electron chi connectivity index (χ3n) is 2.64. The van der Waals surface area contributed by atoms with Gasteiger partial charge in [0, 0.05) is 25.3 Å². The van der Waals surface area contributed by atoms with Gasteiger partial charge >= 0.3 is 0 Å². The molecule has 0 fully saturated rings. The van der Waals surface area contributed by atoms with Gasteiger partial charge in [-0.3, -0.25) is 4.68 Å². The Morgan fingerprint density at radius 1 is 1.47 bits per heavy atom. The fraction of sp³-hybridized carbons (Fsp3) is 0.250. The number of hydrogen-bond donors (Lipinski definition) is 1. The summed E-state index contributed by atoms with van der Waals surface area (Å²) in [6, 6.07) is 4.82. The van der Waals surface area contributed by atoms with Crippen molar-refractivity contribution in [2.24, 2.45) is 7.05 Å². The molecular formula is C12H14FN3O. The van der Waals surface area contributed by atoms with Crippen LogP contribution in [0.2, 0.25) is 0 Å². The van der Waals surface area contributed by atoms with E-state index in [1.807, 2.05) is 0 Å². The van der Waals surface area contributed by atoms with Crippen molar-refractivity contribution < 1.29 is 9.13 Å². The number of nitrogens with zero attached hydrogens (tertiary/aromatic N) is 2. The molecule has 0 aliphatic carbocycles. The van der Waals surface area contributed by atoms with Crippen molar-refractivity contribution in [3.8, 4) is 11.1 Å². The van der Waals surface area contributed by atoms with Gasteiger partial charge in [0.1, 0.15) is 11.6 Å². The summed E-state index contributed by atoms with van der Waals surface area (Å²) in [7, 11) is 3.29. The fourth-order valence-corrected chi connectivity index (χ4v) is 1.68. The molecule has 1 aromatic heterocycles. The highest BCUT2D eigenvalue weighted by Crippen LogP contribution is 2.26. The van der Waals surface area contributed by atoms with E-state index < -0.39 is 0 Å². The quantitative estimate of drug-likeness (QED) is 0.884. The Balaban J connectivity index is 2.46. The average Bonchev–Trinajstić information content (AvgIpc) is 2.64. The van der Waals surface area contributed by atoms with E-state index in [9.17, 15) is 4.39 Å². The second kappa shape index (κ2) is 4.55. The molecule has 1 heterocycles. The van der Waals surface area contributed by atoms with Crippen molar-refractivity contribution >= 4 is 5.82 Å². The second-order valence-corrected chi connectivity index (χ2v) is 3.81. The largest absolute Gasteiger partial charge is 0.383 e. The summed E-state index contributed by atoms with van der Waals surface area (Å²) in [6.07, 6.45) is 1.67. The summed E-state index contributed by atoms with van der Waals surface area (Å²) in [5, 5.41) is 4.06. The lowest BCUT2D eigenvalue weighted by molar-refractivity contribution is 0.181. The third kappa shape index (κ3) is 2.14. The molecule has 1 aromatic carbocycles. The highest BCUT2D eigenvalue weighted by molar-refractivity contribution is 5.73. The van der Waals surface area contributed by atoms with E-state index >= 15 is 0 Å².